The molecule has 0 fully saturated rings. The molecule has 0 atom stereocenters. The Morgan fingerprint density at radius 1 is 1.27 bits per heavy atom. The molecule has 0 bridgehead atoms. The fraction of sp³-hybridized carbons (Fsp3) is 1.00. The summed E-state index contributed by atoms with van der Waals surface area (Å²) in [7, 11) is 0. The predicted octanol–water partition coefficient (Wildman–Crippen LogP) is 3.95. The maximum absolute atomic E-state index is 2.35. The van der Waals surface area contributed by atoms with Crippen LogP contribution in [0, 0.1) is 5.92 Å². The topological polar surface area (TPSA) is 0 Å². The van der Waals surface area contributed by atoms with E-state index in [-0.39, 0.29) is 0 Å². The number of hydrogen-bond donors (Lipinski definition) is 0. The van der Waals surface area contributed by atoms with Crippen molar-refractivity contribution in [3.05, 3.63) is 0 Å². The fourth-order valence-corrected chi connectivity index (χ4v) is 2.14. The quantitative estimate of drug-likeness (QED) is 0.608. The molecule has 0 saturated carbocycles. The molecule has 1 heteroatoms. The van der Waals surface area contributed by atoms with Crippen molar-refractivity contribution in [1.29, 1.82) is 0 Å². The van der Waals surface area contributed by atoms with Gasteiger partial charge >= 0.3 is 0 Å². The normalized spacial score (nSPS) is 12.5. The molecule has 0 radical (unpaired) electrons. The van der Waals surface area contributed by atoms with E-state index in [9.17, 15) is 0 Å². The second kappa shape index (κ2) is 5.08. The van der Waals surface area contributed by atoms with Gasteiger partial charge in [-0.15, -0.1) is 0 Å². The van der Waals surface area contributed by atoms with Gasteiger partial charge in [0.1, 0.15) is 0 Å². The average molecular weight is 174 g/mol. The van der Waals surface area contributed by atoms with Crippen molar-refractivity contribution in [1.82, 2.24) is 0 Å². The highest BCUT2D eigenvalue weighted by atomic mass is 32.2. The second-order valence-electron chi connectivity index (χ2n) is 4.13. The molecule has 0 aromatic rings. The van der Waals surface area contributed by atoms with Crippen LogP contribution in [0.25, 0.3) is 0 Å². The zero-order valence-corrected chi connectivity index (χ0v) is 9.42. The summed E-state index contributed by atoms with van der Waals surface area (Å²) >= 11 is 2.08. The molecule has 0 saturated heterocycles. The first-order chi connectivity index (χ1) is 4.98. The Bertz CT molecular complexity index is 95.0. The first-order valence-corrected chi connectivity index (χ1v) is 5.60. The second-order valence-corrected chi connectivity index (χ2v) is 6.10. The van der Waals surface area contributed by atoms with Gasteiger partial charge in [-0.1, -0.05) is 34.6 Å². The molecule has 0 heterocycles. The monoisotopic (exact) mass is 174 g/mol. The van der Waals surface area contributed by atoms with Gasteiger partial charge < -0.3 is 0 Å². The summed E-state index contributed by atoms with van der Waals surface area (Å²) in [6.07, 6.45) is 2.71. The Balaban J connectivity index is 3.54. The molecule has 68 valence electrons. The Morgan fingerprint density at radius 3 is 2.18 bits per heavy atom. The maximum atomic E-state index is 2.35. The highest BCUT2D eigenvalue weighted by Gasteiger charge is 2.16. The standard InChI is InChI=1S/C10H22S/c1-6-11-10(4,5)8-7-9(2)3/h9H,6-8H2,1-5H3. The van der Waals surface area contributed by atoms with Gasteiger partial charge in [-0.3, -0.25) is 0 Å². The van der Waals surface area contributed by atoms with Crippen LogP contribution in [-0.2, 0) is 0 Å². The Labute approximate surface area is 76.1 Å². The van der Waals surface area contributed by atoms with Gasteiger partial charge in [0.05, 0.1) is 0 Å². The van der Waals surface area contributed by atoms with Crippen molar-refractivity contribution in [2.75, 3.05) is 5.75 Å². The van der Waals surface area contributed by atoms with Crippen LogP contribution in [-0.4, -0.2) is 10.5 Å². The molecule has 0 nitrogen and oxygen atoms in total. The third-order valence-corrected chi connectivity index (χ3v) is 3.13. The molecule has 0 aliphatic carbocycles. The Hall–Kier alpha value is 0.350. The van der Waals surface area contributed by atoms with E-state index in [1.807, 2.05) is 0 Å². The van der Waals surface area contributed by atoms with Crippen molar-refractivity contribution in [2.24, 2.45) is 5.92 Å². The lowest BCUT2D eigenvalue weighted by atomic mass is 10.0. The summed E-state index contributed by atoms with van der Waals surface area (Å²) in [5.74, 6) is 2.09. The van der Waals surface area contributed by atoms with Crippen LogP contribution in [0.2, 0.25) is 0 Å². The Morgan fingerprint density at radius 2 is 1.82 bits per heavy atom. The molecule has 0 aromatic carbocycles. The van der Waals surface area contributed by atoms with Crippen molar-refractivity contribution >= 4 is 11.8 Å². The molecule has 0 aromatic heterocycles. The fourth-order valence-electron chi connectivity index (χ4n) is 1.10. The number of thioether (sulfide) groups is 1. The third kappa shape index (κ3) is 6.74. The van der Waals surface area contributed by atoms with Gasteiger partial charge in [0.2, 0.25) is 0 Å². The van der Waals surface area contributed by atoms with E-state index in [2.05, 4.69) is 46.4 Å². The molecule has 0 rings (SSSR count). The lowest BCUT2D eigenvalue weighted by Crippen LogP contribution is -2.15. The van der Waals surface area contributed by atoms with Crippen molar-refractivity contribution in [3.8, 4) is 0 Å². The maximum Gasteiger partial charge on any atom is 0.0103 e. The smallest absolute Gasteiger partial charge is 0.0103 e. The van der Waals surface area contributed by atoms with E-state index in [0.29, 0.717) is 4.75 Å². The summed E-state index contributed by atoms with van der Waals surface area (Å²) in [6.45, 7) is 11.5. The highest BCUT2D eigenvalue weighted by molar-refractivity contribution is 8.00. The number of rotatable bonds is 5. The van der Waals surface area contributed by atoms with E-state index in [1.165, 1.54) is 18.6 Å². The van der Waals surface area contributed by atoms with Crippen LogP contribution < -0.4 is 0 Å². The van der Waals surface area contributed by atoms with E-state index in [4.69, 9.17) is 0 Å². The van der Waals surface area contributed by atoms with E-state index < -0.39 is 0 Å². The zero-order chi connectivity index (χ0) is 8.91. The summed E-state index contributed by atoms with van der Waals surface area (Å²) < 4.78 is 0.499. The minimum atomic E-state index is 0.499. The predicted molar refractivity (Wildman–Crippen MR) is 56.3 cm³/mol. The minimum absolute atomic E-state index is 0.499. The van der Waals surface area contributed by atoms with Crippen LogP contribution >= 0.6 is 11.8 Å². The van der Waals surface area contributed by atoms with Crippen LogP contribution in [0.3, 0.4) is 0 Å². The molecular formula is C10H22S. The summed E-state index contributed by atoms with van der Waals surface area (Å²) in [5.41, 5.74) is 0. The van der Waals surface area contributed by atoms with Gasteiger partial charge in [-0.25, -0.2) is 0 Å². The van der Waals surface area contributed by atoms with Crippen molar-refractivity contribution < 1.29 is 0 Å². The van der Waals surface area contributed by atoms with Crippen molar-refractivity contribution in [2.45, 2.75) is 52.2 Å². The van der Waals surface area contributed by atoms with Crippen LogP contribution in [0.1, 0.15) is 47.5 Å². The third-order valence-electron chi connectivity index (χ3n) is 1.86. The van der Waals surface area contributed by atoms with E-state index >= 15 is 0 Å². The van der Waals surface area contributed by atoms with Crippen LogP contribution in [0.4, 0.5) is 0 Å². The zero-order valence-electron chi connectivity index (χ0n) is 8.61. The van der Waals surface area contributed by atoms with E-state index in [0.717, 1.165) is 5.92 Å². The summed E-state index contributed by atoms with van der Waals surface area (Å²) in [5, 5.41) is 0. The van der Waals surface area contributed by atoms with Gasteiger partial charge in [-0.2, -0.15) is 11.8 Å². The lowest BCUT2D eigenvalue weighted by Gasteiger charge is -2.24. The largest absolute Gasteiger partial charge is 0.156 e. The molecule has 0 aliphatic heterocycles. The van der Waals surface area contributed by atoms with Gasteiger partial charge in [0.15, 0.2) is 0 Å². The van der Waals surface area contributed by atoms with Crippen LogP contribution in [0.5, 0.6) is 0 Å². The first-order valence-electron chi connectivity index (χ1n) is 4.62. The molecule has 0 N–H and O–H groups in total. The lowest BCUT2D eigenvalue weighted by molar-refractivity contribution is 0.502. The number of hydrogen-bond acceptors (Lipinski definition) is 1. The SMILES string of the molecule is CCSC(C)(C)CCC(C)C. The molecule has 0 spiro atoms. The van der Waals surface area contributed by atoms with E-state index in [1.54, 1.807) is 0 Å². The molecule has 0 aliphatic rings. The minimum Gasteiger partial charge on any atom is -0.156 e. The van der Waals surface area contributed by atoms with Crippen molar-refractivity contribution in [3.63, 3.8) is 0 Å². The van der Waals surface area contributed by atoms with Gasteiger partial charge in [-0.05, 0) is 24.5 Å². The molecule has 0 unspecified atom stereocenters. The Kier molecular flexibility index (Phi) is 5.24. The van der Waals surface area contributed by atoms with Gasteiger partial charge in [0.25, 0.3) is 0 Å². The summed E-state index contributed by atoms with van der Waals surface area (Å²) in [6, 6.07) is 0. The van der Waals surface area contributed by atoms with Gasteiger partial charge in [0, 0.05) is 4.75 Å². The summed E-state index contributed by atoms with van der Waals surface area (Å²) in [4.78, 5) is 0. The highest BCUT2D eigenvalue weighted by Crippen LogP contribution is 2.30. The average Bonchev–Trinajstić information content (AvgIpc) is 1.84. The van der Waals surface area contributed by atoms with Crippen LogP contribution in [0.15, 0.2) is 0 Å². The first kappa shape index (κ1) is 11.4. The molecular weight excluding hydrogens is 152 g/mol. The molecule has 11 heavy (non-hydrogen) atoms. The molecule has 0 amide bonds.